The van der Waals surface area contributed by atoms with E-state index in [-0.39, 0.29) is 38.2 Å². The van der Waals surface area contributed by atoms with E-state index in [2.05, 4.69) is 17.2 Å². The Bertz CT molecular complexity index is 1350. The molecular formula is C30H33Cl2FN2O4S. The number of aromatic nitrogens is 1. The molecule has 0 aliphatic carbocycles. The van der Waals surface area contributed by atoms with Gasteiger partial charge in [0.05, 0.1) is 21.8 Å². The highest BCUT2D eigenvalue weighted by Crippen LogP contribution is 2.34. The van der Waals surface area contributed by atoms with Gasteiger partial charge in [-0.25, -0.2) is 14.2 Å². The molecule has 40 heavy (non-hydrogen) atoms. The number of methoxy groups -OCH3 is 1. The highest BCUT2D eigenvalue weighted by atomic mass is 35.5. The molecule has 1 aromatic heterocycles. The van der Waals surface area contributed by atoms with Gasteiger partial charge in [-0.05, 0) is 37.6 Å². The first-order valence-electron chi connectivity index (χ1n) is 13.1. The summed E-state index contributed by atoms with van der Waals surface area (Å²) in [6.07, 6.45) is 8.60. The van der Waals surface area contributed by atoms with E-state index in [1.54, 1.807) is 30.7 Å². The van der Waals surface area contributed by atoms with E-state index in [1.165, 1.54) is 50.8 Å². The quantitative estimate of drug-likeness (QED) is 0.141. The number of benzene rings is 2. The molecule has 6 nitrogen and oxygen atoms in total. The Morgan fingerprint density at radius 2 is 1.82 bits per heavy atom. The van der Waals surface area contributed by atoms with Crippen LogP contribution >= 0.6 is 34.5 Å². The van der Waals surface area contributed by atoms with Crippen molar-refractivity contribution >= 4 is 57.6 Å². The zero-order valence-electron chi connectivity index (χ0n) is 22.7. The summed E-state index contributed by atoms with van der Waals surface area (Å²) in [5, 5.41) is 14.0. The summed E-state index contributed by atoms with van der Waals surface area (Å²) in [5.41, 5.74) is 1.74. The molecule has 0 radical (unpaired) electrons. The Morgan fingerprint density at radius 1 is 1.15 bits per heavy atom. The van der Waals surface area contributed by atoms with Crippen molar-refractivity contribution in [2.24, 2.45) is 0 Å². The van der Waals surface area contributed by atoms with Crippen LogP contribution in [-0.2, 0) is 9.53 Å². The lowest BCUT2D eigenvalue weighted by Gasteiger charge is -2.17. The predicted octanol–water partition coefficient (Wildman–Crippen LogP) is 9.43. The van der Waals surface area contributed by atoms with Crippen LogP contribution in [-0.4, -0.2) is 29.1 Å². The maximum atomic E-state index is 15.6. The lowest BCUT2D eigenvalue weighted by Crippen LogP contribution is -2.12. The summed E-state index contributed by atoms with van der Waals surface area (Å²) in [6.45, 7) is 3.60. The molecule has 2 aromatic carbocycles. The van der Waals surface area contributed by atoms with E-state index in [1.807, 2.05) is 0 Å². The normalized spacial score (nSPS) is 12.4. The average Bonchev–Trinajstić information content (AvgIpc) is 3.38. The molecule has 1 unspecified atom stereocenters. The standard InChI is InChI=1S/C30H33Cl2FN2O4S/c1-4-5-6-7-8-9-13-26(39-3)21-12-10-11-20(27(21)33)25-17-40-30(34-25)35-28(36)19-15-23(31)22(24(32)16-19)14-18(2)29(37)38/h10-12,14-17,26H,4-9,13H2,1-3H3,(H,37,38)(H,34,35,36)/b18-14+. The molecular weight excluding hydrogens is 574 g/mol. The molecule has 0 saturated heterocycles. The molecule has 214 valence electrons. The zero-order valence-corrected chi connectivity index (χ0v) is 25.1. The number of halogens is 3. The van der Waals surface area contributed by atoms with Gasteiger partial charge in [0.15, 0.2) is 5.13 Å². The van der Waals surface area contributed by atoms with Gasteiger partial charge in [0, 0.05) is 40.3 Å². The predicted molar refractivity (Wildman–Crippen MR) is 161 cm³/mol. The number of aliphatic carboxylic acids is 1. The fraction of sp³-hybridized carbons (Fsp3) is 0.367. The van der Waals surface area contributed by atoms with E-state index < -0.39 is 11.9 Å². The third-order valence-electron chi connectivity index (χ3n) is 6.52. The van der Waals surface area contributed by atoms with Gasteiger partial charge in [0.25, 0.3) is 5.91 Å². The molecule has 0 fully saturated rings. The fourth-order valence-electron chi connectivity index (χ4n) is 4.26. The van der Waals surface area contributed by atoms with Gasteiger partial charge in [-0.1, -0.05) is 80.8 Å². The molecule has 3 aromatic rings. The second-order valence-corrected chi connectivity index (χ2v) is 11.1. The summed E-state index contributed by atoms with van der Waals surface area (Å²) in [5.74, 6) is -2.00. The first-order valence-corrected chi connectivity index (χ1v) is 14.8. The van der Waals surface area contributed by atoms with Crippen LogP contribution in [0.25, 0.3) is 17.3 Å². The van der Waals surface area contributed by atoms with Gasteiger partial charge in [-0.2, -0.15) is 0 Å². The third kappa shape index (κ3) is 8.36. The number of nitrogens with zero attached hydrogens (tertiary/aromatic N) is 1. The Labute approximate surface area is 248 Å². The number of hydrogen-bond donors (Lipinski definition) is 2. The van der Waals surface area contributed by atoms with Crippen molar-refractivity contribution in [3.05, 3.63) is 73.8 Å². The van der Waals surface area contributed by atoms with Crippen LogP contribution in [0, 0.1) is 5.82 Å². The summed E-state index contributed by atoms with van der Waals surface area (Å²) < 4.78 is 21.2. The number of nitrogens with one attached hydrogen (secondary N) is 1. The van der Waals surface area contributed by atoms with Crippen LogP contribution in [0.2, 0.25) is 10.0 Å². The molecule has 0 aliphatic rings. The SMILES string of the molecule is CCCCCCCCC(OC)c1cccc(-c2csc(NC(=O)c3cc(Cl)c(/C=C(\C)C(=O)O)c(Cl)c3)n2)c1F. The van der Waals surface area contributed by atoms with Crippen molar-refractivity contribution in [2.75, 3.05) is 12.4 Å². The Morgan fingerprint density at radius 3 is 2.48 bits per heavy atom. The van der Waals surface area contributed by atoms with Crippen LogP contribution in [0.5, 0.6) is 0 Å². The number of ether oxygens (including phenoxy) is 1. The highest BCUT2D eigenvalue weighted by molar-refractivity contribution is 7.14. The molecule has 0 spiro atoms. The number of amides is 1. The van der Waals surface area contributed by atoms with Gasteiger partial charge in [-0.3, -0.25) is 10.1 Å². The molecule has 0 bridgehead atoms. The largest absolute Gasteiger partial charge is 0.478 e. The maximum Gasteiger partial charge on any atom is 0.331 e. The van der Waals surface area contributed by atoms with Crippen molar-refractivity contribution in [3.8, 4) is 11.3 Å². The smallest absolute Gasteiger partial charge is 0.331 e. The van der Waals surface area contributed by atoms with Gasteiger partial charge in [0.1, 0.15) is 5.82 Å². The minimum atomic E-state index is -1.11. The van der Waals surface area contributed by atoms with E-state index in [0.717, 1.165) is 30.6 Å². The maximum absolute atomic E-state index is 15.6. The van der Waals surface area contributed by atoms with Crippen LogP contribution in [0.1, 0.15) is 86.4 Å². The summed E-state index contributed by atoms with van der Waals surface area (Å²) in [6, 6.07) is 7.97. The Hall–Kier alpha value is -2.78. The molecule has 2 N–H and O–H groups in total. The van der Waals surface area contributed by atoms with Crippen molar-refractivity contribution in [2.45, 2.75) is 64.9 Å². The minimum absolute atomic E-state index is 0.0480. The number of unbranched alkanes of at least 4 members (excludes halogenated alkanes) is 5. The monoisotopic (exact) mass is 606 g/mol. The second-order valence-electron chi connectivity index (χ2n) is 9.47. The second kappa shape index (κ2) is 15.3. The molecule has 0 aliphatic heterocycles. The van der Waals surface area contributed by atoms with Crippen LogP contribution < -0.4 is 5.32 Å². The van der Waals surface area contributed by atoms with Gasteiger partial charge >= 0.3 is 5.97 Å². The van der Waals surface area contributed by atoms with E-state index in [4.69, 9.17) is 33.0 Å². The molecule has 10 heteroatoms. The minimum Gasteiger partial charge on any atom is -0.478 e. The van der Waals surface area contributed by atoms with E-state index in [9.17, 15) is 9.59 Å². The first kappa shape index (κ1) is 31.7. The first-order chi connectivity index (χ1) is 19.2. The lowest BCUT2D eigenvalue weighted by atomic mass is 9.98. The van der Waals surface area contributed by atoms with Crippen LogP contribution in [0.4, 0.5) is 9.52 Å². The highest BCUT2D eigenvalue weighted by Gasteiger charge is 2.20. The lowest BCUT2D eigenvalue weighted by molar-refractivity contribution is -0.132. The number of hydrogen-bond acceptors (Lipinski definition) is 5. The Balaban J connectivity index is 1.73. The molecule has 1 atom stereocenters. The molecule has 1 amide bonds. The number of rotatable bonds is 14. The number of carbonyl (C=O) groups is 2. The fourth-order valence-corrected chi connectivity index (χ4v) is 5.56. The van der Waals surface area contributed by atoms with Gasteiger partial charge in [-0.15, -0.1) is 11.3 Å². The van der Waals surface area contributed by atoms with Crippen molar-refractivity contribution < 1.29 is 23.8 Å². The Kier molecular flexibility index (Phi) is 12.1. The number of anilines is 1. The number of carbonyl (C=O) groups excluding carboxylic acids is 1. The summed E-state index contributed by atoms with van der Waals surface area (Å²) in [4.78, 5) is 28.4. The average molecular weight is 608 g/mol. The van der Waals surface area contributed by atoms with E-state index in [0.29, 0.717) is 22.4 Å². The van der Waals surface area contributed by atoms with E-state index >= 15 is 4.39 Å². The molecule has 1 heterocycles. The van der Waals surface area contributed by atoms with Crippen molar-refractivity contribution in [1.82, 2.24) is 4.98 Å². The van der Waals surface area contributed by atoms with Crippen LogP contribution in [0.3, 0.4) is 0 Å². The van der Waals surface area contributed by atoms with Gasteiger partial charge in [0.2, 0.25) is 0 Å². The topological polar surface area (TPSA) is 88.5 Å². The summed E-state index contributed by atoms with van der Waals surface area (Å²) in [7, 11) is 1.60. The van der Waals surface area contributed by atoms with Crippen molar-refractivity contribution in [3.63, 3.8) is 0 Å². The number of thiazole rings is 1. The third-order valence-corrected chi connectivity index (χ3v) is 7.90. The molecule has 0 saturated carbocycles. The van der Waals surface area contributed by atoms with Crippen LogP contribution in [0.15, 0.2) is 41.3 Å². The number of carboxylic acid groups (broad SMARTS) is 1. The molecule has 3 rings (SSSR count). The zero-order chi connectivity index (χ0) is 29.2. The number of carboxylic acids is 1. The van der Waals surface area contributed by atoms with Crippen molar-refractivity contribution in [1.29, 1.82) is 0 Å². The van der Waals surface area contributed by atoms with Gasteiger partial charge < -0.3 is 9.84 Å². The summed E-state index contributed by atoms with van der Waals surface area (Å²) >= 11 is 13.7.